The van der Waals surface area contributed by atoms with E-state index in [1.807, 2.05) is 24.3 Å². The Balaban J connectivity index is 1.47. The number of rotatable bonds is 5. The molecule has 8 heteroatoms. The van der Waals surface area contributed by atoms with E-state index >= 15 is 0 Å². The van der Waals surface area contributed by atoms with Gasteiger partial charge >= 0.3 is 6.18 Å². The van der Waals surface area contributed by atoms with Crippen molar-refractivity contribution in [1.29, 1.82) is 0 Å². The van der Waals surface area contributed by atoms with Crippen LogP contribution in [0.25, 0.3) is 10.9 Å². The van der Waals surface area contributed by atoms with Crippen LogP contribution in [-0.2, 0) is 6.18 Å². The molecule has 2 aromatic carbocycles. The van der Waals surface area contributed by atoms with Crippen molar-refractivity contribution in [2.24, 2.45) is 11.7 Å². The van der Waals surface area contributed by atoms with Gasteiger partial charge in [0.25, 0.3) is 0 Å². The molecule has 3 aromatic rings. The van der Waals surface area contributed by atoms with Crippen molar-refractivity contribution in [3.05, 3.63) is 69.9 Å². The zero-order valence-electron chi connectivity index (χ0n) is 18.2. The number of primary amides is 1. The summed E-state index contributed by atoms with van der Waals surface area (Å²) in [5.41, 5.74) is 7.62. The number of nitrogens with zero attached hydrogens (tertiary/aromatic N) is 1. The summed E-state index contributed by atoms with van der Waals surface area (Å²) in [4.78, 5) is 16.1. The first-order chi connectivity index (χ1) is 15.6. The fourth-order valence-electron chi connectivity index (χ4n) is 4.71. The third-order valence-electron chi connectivity index (χ3n) is 6.54. The summed E-state index contributed by atoms with van der Waals surface area (Å²) in [6, 6.07) is 9.81. The zero-order chi connectivity index (χ0) is 23.8. The van der Waals surface area contributed by atoms with Crippen LogP contribution in [0.5, 0.6) is 0 Å². The van der Waals surface area contributed by atoms with E-state index in [0.29, 0.717) is 24.3 Å². The number of carbonyl (C=O) groups is 1. The monoisotopic (exact) mass is 475 g/mol. The molecule has 1 heterocycles. The third kappa shape index (κ3) is 4.93. The molecule has 174 valence electrons. The summed E-state index contributed by atoms with van der Waals surface area (Å²) in [6.45, 7) is 2.82. The number of halogens is 4. The van der Waals surface area contributed by atoms with Gasteiger partial charge in [-0.1, -0.05) is 17.7 Å². The lowest BCUT2D eigenvalue weighted by atomic mass is 9.78. The van der Waals surface area contributed by atoms with E-state index in [9.17, 15) is 18.0 Å². The molecule has 0 spiro atoms. The molecular formula is C25H25ClF3N3O. The number of amides is 1. The Morgan fingerprint density at radius 1 is 1.18 bits per heavy atom. The quantitative estimate of drug-likeness (QED) is 0.431. The van der Waals surface area contributed by atoms with E-state index in [2.05, 4.69) is 17.2 Å². The minimum atomic E-state index is -4.57. The van der Waals surface area contributed by atoms with Gasteiger partial charge in [0.05, 0.1) is 21.7 Å². The molecule has 1 aliphatic rings. The Bertz CT molecular complexity index is 1190. The van der Waals surface area contributed by atoms with Crippen LogP contribution in [0.3, 0.4) is 0 Å². The number of alkyl halides is 3. The standard InChI is InChI=1S/C25H25ClF3N3O/c1-14-4-9-21-18(3-2-10-31-21)23(14)32-13-15-5-7-16(8-6-15)19-11-17(25(27,28)29)12-20(22(19)26)24(30)33/h2-4,9-12,15-16,32H,5-8,13H2,1H3,(H2,30,33). The average Bonchev–Trinajstić information content (AvgIpc) is 2.78. The molecule has 0 saturated heterocycles. The van der Waals surface area contributed by atoms with Crippen LogP contribution in [-0.4, -0.2) is 17.4 Å². The molecule has 1 fully saturated rings. The van der Waals surface area contributed by atoms with Crippen molar-refractivity contribution in [2.45, 2.75) is 44.7 Å². The van der Waals surface area contributed by atoms with Crippen molar-refractivity contribution in [2.75, 3.05) is 11.9 Å². The van der Waals surface area contributed by atoms with Crippen LogP contribution >= 0.6 is 11.6 Å². The van der Waals surface area contributed by atoms with E-state index in [0.717, 1.165) is 53.7 Å². The van der Waals surface area contributed by atoms with E-state index in [1.54, 1.807) is 6.20 Å². The fourth-order valence-corrected chi connectivity index (χ4v) is 5.06. The Morgan fingerprint density at radius 3 is 2.58 bits per heavy atom. The highest BCUT2D eigenvalue weighted by atomic mass is 35.5. The first kappa shape index (κ1) is 23.4. The molecule has 4 nitrogen and oxygen atoms in total. The Hall–Kier alpha value is -2.80. The molecule has 0 bridgehead atoms. The normalized spacial score (nSPS) is 18.9. The number of benzene rings is 2. The number of nitrogens with two attached hydrogens (primary N) is 1. The fraction of sp³-hybridized carbons (Fsp3) is 0.360. The highest BCUT2D eigenvalue weighted by Crippen LogP contribution is 2.42. The predicted molar refractivity (Wildman–Crippen MR) is 125 cm³/mol. The van der Waals surface area contributed by atoms with Crippen molar-refractivity contribution >= 4 is 34.1 Å². The average molecular weight is 476 g/mol. The highest BCUT2D eigenvalue weighted by Gasteiger charge is 2.34. The molecule has 1 aromatic heterocycles. The first-order valence-electron chi connectivity index (χ1n) is 10.9. The number of carbonyl (C=O) groups excluding carboxylic acids is 1. The van der Waals surface area contributed by atoms with Gasteiger partial charge < -0.3 is 11.1 Å². The molecule has 1 aliphatic carbocycles. The van der Waals surface area contributed by atoms with Crippen molar-refractivity contribution in [3.63, 3.8) is 0 Å². The summed E-state index contributed by atoms with van der Waals surface area (Å²) >= 11 is 6.32. The predicted octanol–water partition coefficient (Wildman–Crippen LogP) is 6.70. The van der Waals surface area contributed by atoms with Crippen LogP contribution in [0.4, 0.5) is 18.9 Å². The number of aryl methyl sites for hydroxylation is 1. The maximum atomic E-state index is 13.4. The van der Waals surface area contributed by atoms with Gasteiger partial charge in [-0.3, -0.25) is 9.78 Å². The molecule has 0 radical (unpaired) electrons. The van der Waals surface area contributed by atoms with Gasteiger partial charge in [0, 0.05) is 23.8 Å². The molecular weight excluding hydrogens is 451 g/mol. The summed E-state index contributed by atoms with van der Waals surface area (Å²) in [5, 5.41) is 4.68. The summed E-state index contributed by atoms with van der Waals surface area (Å²) in [5.74, 6) is -0.712. The molecule has 0 unspecified atom stereocenters. The number of fused-ring (bicyclic) bond motifs is 1. The SMILES string of the molecule is Cc1ccc2ncccc2c1NCC1CCC(c2cc(C(F)(F)F)cc(C(N)=O)c2Cl)CC1. The minimum Gasteiger partial charge on any atom is -0.384 e. The number of hydrogen-bond donors (Lipinski definition) is 2. The topological polar surface area (TPSA) is 68.0 Å². The smallest absolute Gasteiger partial charge is 0.384 e. The van der Waals surface area contributed by atoms with E-state index < -0.39 is 17.6 Å². The van der Waals surface area contributed by atoms with E-state index in [-0.39, 0.29) is 16.5 Å². The highest BCUT2D eigenvalue weighted by molar-refractivity contribution is 6.34. The minimum absolute atomic E-state index is 0.0379. The second kappa shape index (κ2) is 9.21. The molecule has 3 N–H and O–H groups in total. The van der Waals surface area contributed by atoms with Crippen LogP contribution in [0.2, 0.25) is 5.02 Å². The Morgan fingerprint density at radius 2 is 1.91 bits per heavy atom. The Kier molecular flexibility index (Phi) is 6.52. The van der Waals surface area contributed by atoms with Crippen molar-refractivity contribution in [3.8, 4) is 0 Å². The number of hydrogen-bond acceptors (Lipinski definition) is 3. The molecule has 0 aliphatic heterocycles. The lowest BCUT2D eigenvalue weighted by molar-refractivity contribution is -0.137. The van der Waals surface area contributed by atoms with Gasteiger partial charge in [0.2, 0.25) is 5.91 Å². The van der Waals surface area contributed by atoms with Gasteiger partial charge in [0.15, 0.2) is 0 Å². The van der Waals surface area contributed by atoms with Gasteiger partial charge in [0.1, 0.15) is 0 Å². The second-order valence-corrected chi connectivity index (χ2v) is 9.09. The van der Waals surface area contributed by atoms with Gasteiger partial charge in [-0.2, -0.15) is 13.2 Å². The van der Waals surface area contributed by atoms with Crippen LogP contribution in [0.15, 0.2) is 42.6 Å². The third-order valence-corrected chi connectivity index (χ3v) is 6.96. The summed E-state index contributed by atoms with van der Waals surface area (Å²) in [7, 11) is 0. The molecule has 1 amide bonds. The number of pyridine rings is 1. The molecule has 1 saturated carbocycles. The maximum Gasteiger partial charge on any atom is 0.416 e. The maximum absolute atomic E-state index is 13.4. The zero-order valence-corrected chi connectivity index (χ0v) is 18.9. The largest absolute Gasteiger partial charge is 0.416 e. The lowest BCUT2D eigenvalue weighted by Gasteiger charge is -2.30. The number of aromatic nitrogens is 1. The van der Waals surface area contributed by atoms with Crippen LogP contribution < -0.4 is 11.1 Å². The second-order valence-electron chi connectivity index (χ2n) is 8.72. The summed E-state index contributed by atoms with van der Waals surface area (Å²) < 4.78 is 40.1. The molecule has 0 atom stereocenters. The molecule has 4 rings (SSSR count). The molecule has 33 heavy (non-hydrogen) atoms. The van der Waals surface area contributed by atoms with E-state index in [1.165, 1.54) is 0 Å². The lowest BCUT2D eigenvalue weighted by Crippen LogP contribution is -2.22. The van der Waals surface area contributed by atoms with Crippen LogP contribution in [0.1, 0.15) is 58.6 Å². The van der Waals surface area contributed by atoms with Crippen molar-refractivity contribution < 1.29 is 18.0 Å². The van der Waals surface area contributed by atoms with Crippen LogP contribution in [0, 0.1) is 12.8 Å². The summed E-state index contributed by atoms with van der Waals surface area (Å²) in [6.07, 6.45) is 0.279. The number of nitrogens with one attached hydrogen (secondary N) is 1. The number of anilines is 1. The van der Waals surface area contributed by atoms with Crippen molar-refractivity contribution in [1.82, 2.24) is 4.98 Å². The van der Waals surface area contributed by atoms with Gasteiger partial charge in [-0.25, -0.2) is 0 Å². The van der Waals surface area contributed by atoms with Gasteiger partial charge in [-0.05, 0) is 85.9 Å². The van der Waals surface area contributed by atoms with Gasteiger partial charge in [-0.15, -0.1) is 0 Å². The Labute approximate surface area is 195 Å². The van der Waals surface area contributed by atoms with E-state index in [4.69, 9.17) is 17.3 Å². The first-order valence-corrected chi connectivity index (χ1v) is 11.3.